The average molecular weight is 281 g/mol. The Morgan fingerprint density at radius 3 is 2.85 bits per heavy atom. The quantitative estimate of drug-likeness (QED) is 0.834. The second kappa shape index (κ2) is 3.89. The van der Waals surface area contributed by atoms with E-state index in [-0.39, 0.29) is 5.54 Å². The van der Waals surface area contributed by atoms with E-state index in [0.29, 0.717) is 0 Å². The molecule has 1 N–H and O–H groups in total. The van der Waals surface area contributed by atoms with E-state index in [0.717, 1.165) is 12.4 Å². The molecule has 0 spiro atoms. The molecule has 1 heterocycles. The van der Waals surface area contributed by atoms with Crippen LogP contribution in [-0.2, 0) is 6.54 Å². The molecule has 1 aliphatic carbocycles. The monoisotopic (exact) mass is 279 g/mol. The Bertz CT molecular complexity index is 296. The minimum atomic E-state index is 0.255. The van der Waals surface area contributed by atoms with Crippen molar-refractivity contribution < 1.29 is 0 Å². The van der Waals surface area contributed by atoms with Crippen LogP contribution in [0.15, 0.2) is 15.9 Å². The van der Waals surface area contributed by atoms with E-state index in [2.05, 4.69) is 32.7 Å². The van der Waals surface area contributed by atoms with E-state index in [1.165, 1.54) is 22.2 Å². The summed E-state index contributed by atoms with van der Waals surface area (Å²) in [6, 6.07) is 2.09. The molecule has 1 aromatic heterocycles. The molecule has 0 aromatic carbocycles. The number of thiophene rings is 1. The van der Waals surface area contributed by atoms with Gasteiger partial charge >= 0.3 is 0 Å². The molecule has 1 nitrogen and oxygen atoms in total. The van der Waals surface area contributed by atoms with E-state index in [1.54, 1.807) is 11.3 Å². The third-order valence-corrected chi connectivity index (χ3v) is 4.86. The van der Waals surface area contributed by atoms with Gasteiger partial charge in [-0.15, -0.1) is 22.9 Å². The Balaban J connectivity index is 1.90. The molecule has 0 aliphatic heterocycles. The predicted octanol–water partition coefficient (Wildman–Crippen LogP) is 3.37. The van der Waals surface area contributed by atoms with Crippen LogP contribution in [0.2, 0.25) is 0 Å². The van der Waals surface area contributed by atoms with Gasteiger partial charge in [-0.1, -0.05) is 0 Å². The Morgan fingerprint density at radius 2 is 2.38 bits per heavy atom. The summed E-state index contributed by atoms with van der Waals surface area (Å²) in [6.07, 6.45) is 2.44. The summed E-state index contributed by atoms with van der Waals surface area (Å²) in [7, 11) is 0. The Labute approximate surface area is 95.6 Å². The molecule has 0 amide bonds. The number of rotatable bonds is 4. The van der Waals surface area contributed by atoms with Crippen molar-refractivity contribution in [1.29, 1.82) is 0 Å². The normalized spacial score (nSPS) is 18.9. The fourth-order valence-corrected chi connectivity index (χ4v) is 3.02. The summed E-state index contributed by atoms with van der Waals surface area (Å²) in [5.74, 6) is 0.732. The van der Waals surface area contributed by atoms with Crippen LogP contribution in [0.25, 0.3) is 0 Å². The highest BCUT2D eigenvalue weighted by atomic mass is 79.9. The van der Waals surface area contributed by atoms with Crippen LogP contribution in [0.1, 0.15) is 17.7 Å². The first kappa shape index (κ1) is 9.97. The van der Waals surface area contributed by atoms with E-state index in [4.69, 9.17) is 11.6 Å². The second-order valence-electron chi connectivity index (χ2n) is 3.46. The maximum atomic E-state index is 5.86. The molecule has 1 fully saturated rings. The van der Waals surface area contributed by atoms with Gasteiger partial charge in [0, 0.05) is 27.3 Å². The number of halogens is 2. The van der Waals surface area contributed by atoms with Crippen LogP contribution in [0.4, 0.5) is 0 Å². The second-order valence-corrected chi connectivity index (χ2v) is 5.58. The molecule has 0 atom stereocenters. The van der Waals surface area contributed by atoms with Gasteiger partial charge in [0.25, 0.3) is 0 Å². The van der Waals surface area contributed by atoms with Gasteiger partial charge in [-0.25, -0.2) is 0 Å². The van der Waals surface area contributed by atoms with Gasteiger partial charge in [0.1, 0.15) is 0 Å². The molecular weight excluding hydrogens is 270 g/mol. The van der Waals surface area contributed by atoms with Crippen LogP contribution in [-0.4, -0.2) is 11.4 Å². The molecule has 0 bridgehead atoms. The number of nitrogens with one attached hydrogen (secondary N) is 1. The van der Waals surface area contributed by atoms with E-state index in [9.17, 15) is 0 Å². The molecular formula is C9H11BrClNS. The maximum Gasteiger partial charge on any atom is 0.0406 e. The summed E-state index contributed by atoms with van der Waals surface area (Å²) in [6.45, 7) is 0.935. The lowest BCUT2D eigenvalue weighted by Crippen LogP contribution is -2.32. The molecule has 1 saturated carbocycles. The lowest BCUT2D eigenvalue weighted by molar-refractivity contribution is 0.546. The van der Waals surface area contributed by atoms with Gasteiger partial charge < -0.3 is 5.32 Å². The third-order valence-electron chi connectivity index (χ3n) is 2.42. The van der Waals surface area contributed by atoms with Gasteiger partial charge in [0.05, 0.1) is 0 Å². The van der Waals surface area contributed by atoms with Crippen LogP contribution in [0.5, 0.6) is 0 Å². The largest absolute Gasteiger partial charge is 0.305 e. The maximum absolute atomic E-state index is 5.86. The molecule has 13 heavy (non-hydrogen) atoms. The van der Waals surface area contributed by atoms with E-state index in [1.807, 2.05) is 0 Å². The fourth-order valence-electron chi connectivity index (χ4n) is 1.23. The van der Waals surface area contributed by atoms with Crippen molar-refractivity contribution in [3.63, 3.8) is 0 Å². The molecule has 0 radical (unpaired) electrons. The van der Waals surface area contributed by atoms with Crippen molar-refractivity contribution in [2.24, 2.45) is 0 Å². The van der Waals surface area contributed by atoms with Crippen molar-refractivity contribution in [2.45, 2.75) is 24.9 Å². The lowest BCUT2D eigenvalue weighted by atomic mass is 10.3. The van der Waals surface area contributed by atoms with Crippen molar-refractivity contribution in [3.8, 4) is 0 Å². The lowest BCUT2D eigenvalue weighted by Gasteiger charge is -2.12. The Kier molecular flexibility index (Phi) is 2.98. The Hall–Kier alpha value is 0.430. The van der Waals surface area contributed by atoms with Crippen LogP contribution in [0.3, 0.4) is 0 Å². The molecule has 1 aromatic rings. The molecule has 2 rings (SSSR count). The van der Waals surface area contributed by atoms with Crippen molar-refractivity contribution in [3.05, 3.63) is 20.8 Å². The summed E-state index contributed by atoms with van der Waals surface area (Å²) >= 11 is 11.2. The average Bonchev–Trinajstić information content (AvgIpc) is 2.82. The van der Waals surface area contributed by atoms with Gasteiger partial charge in [0.2, 0.25) is 0 Å². The highest BCUT2D eigenvalue weighted by Crippen LogP contribution is 2.37. The molecule has 0 saturated heterocycles. The van der Waals surface area contributed by atoms with Gasteiger partial charge in [-0.2, -0.15) is 0 Å². The zero-order valence-electron chi connectivity index (χ0n) is 7.15. The van der Waals surface area contributed by atoms with Crippen molar-refractivity contribution in [1.82, 2.24) is 5.32 Å². The van der Waals surface area contributed by atoms with Gasteiger partial charge in [0.15, 0.2) is 0 Å². The van der Waals surface area contributed by atoms with Gasteiger partial charge in [-0.05, 0) is 40.2 Å². The molecule has 72 valence electrons. The zero-order valence-corrected chi connectivity index (χ0v) is 10.3. The third kappa shape index (κ3) is 2.27. The summed E-state index contributed by atoms with van der Waals surface area (Å²) in [4.78, 5) is 1.36. The molecule has 4 heteroatoms. The van der Waals surface area contributed by atoms with Crippen molar-refractivity contribution in [2.75, 3.05) is 5.88 Å². The van der Waals surface area contributed by atoms with Gasteiger partial charge in [-0.3, -0.25) is 0 Å². The first-order chi connectivity index (χ1) is 6.26. The zero-order chi connectivity index (χ0) is 9.31. The SMILES string of the molecule is ClCC1(NCc2sccc2Br)CC1. The highest BCUT2D eigenvalue weighted by Gasteiger charge is 2.41. The minimum Gasteiger partial charge on any atom is -0.305 e. The topological polar surface area (TPSA) is 12.0 Å². The molecule has 0 unspecified atom stereocenters. The summed E-state index contributed by atoms with van der Waals surface area (Å²) in [5.41, 5.74) is 0.255. The standard InChI is InChI=1S/C9H11BrClNS/c10-7-1-4-13-8(7)5-12-9(6-11)2-3-9/h1,4,12H,2-3,5-6H2. The van der Waals surface area contributed by atoms with Crippen LogP contribution in [0, 0.1) is 0 Å². The van der Waals surface area contributed by atoms with E-state index >= 15 is 0 Å². The minimum absolute atomic E-state index is 0.255. The first-order valence-corrected chi connectivity index (χ1v) is 6.49. The summed E-state index contributed by atoms with van der Waals surface area (Å²) in [5, 5.41) is 5.61. The smallest absolute Gasteiger partial charge is 0.0406 e. The van der Waals surface area contributed by atoms with E-state index < -0.39 is 0 Å². The number of alkyl halides is 1. The van der Waals surface area contributed by atoms with Crippen molar-refractivity contribution >= 4 is 38.9 Å². The Morgan fingerprint density at radius 1 is 1.62 bits per heavy atom. The predicted molar refractivity (Wildman–Crippen MR) is 61.5 cm³/mol. The van der Waals surface area contributed by atoms with Crippen LogP contribution < -0.4 is 5.32 Å². The number of hydrogen-bond acceptors (Lipinski definition) is 2. The number of hydrogen-bond donors (Lipinski definition) is 1. The first-order valence-electron chi connectivity index (χ1n) is 4.29. The van der Waals surface area contributed by atoms with Crippen LogP contribution >= 0.6 is 38.9 Å². The fraction of sp³-hybridized carbons (Fsp3) is 0.556. The molecule has 1 aliphatic rings. The summed E-state index contributed by atoms with van der Waals surface area (Å²) < 4.78 is 1.20. The highest BCUT2D eigenvalue weighted by molar-refractivity contribution is 9.10.